The molecule has 2 aromatic heterocycles. The van der Waals surface area contributed by atoms with E-state index in [0.717, 1.165) is 19.3 Å². The molecule has 2 aliphatic rings. The molecule has 2 fully saturated rings. The van der Waals surface area contributed by atoms with Crippen molar-refractivity contribution in [2.24, 2.45) is 11.1 Å². The highest BCUT2D eigenvalue weighted by Crippen LogP contribution is 2.55. The molecule has 14 heteroatoms. The summed E-state index contributed by atoms with van der Waals surface area (Å²) in [4.78, 5) is 26.6. The van der Waals surface area contributed by atoms with Gasteiger partial charge in [0, 0.05) is 24.8 Å². The predicted octanol–water partition coefficient (Wildman–Crippen LogP) is 4.34. The van der Waals surface area contributed by atoms with Gasteiger partial charge in [0.15, 0.2) is 0 Å². The first-order chi connectivity index (χ1) is 19.1. The van der Waals surface area contributed by atoms with Crippen LogP contribution in [0.4, 0.5) is 23.8 Å². The van der Waals surface area contributed by atoms with E-state index >= 15 is 0 Å². The monoisotopic (exact) mass is 575 g/mol. The Balaban J connectivity index is 1.30. The van der Waals surface area contributed by atoms with E-state index in [1.54, 1.807) is 21.8 Å². The Bertz CT molecular complexity index is 1470. The topological polar surface area (TPSA) is 144 Å². The standard InChI is InChI=1S/C27H32F3N7O4/c1-25(2,3)41-24(39)35-8-7-26(15-35)10-18(11-26)37-22(31)20(23(32)38)21(34-37)17-12-33-36(14-17)13-16-5-4-6-19(9-16)40-27(28,29)30/h4-6,9,12,14,18H,7-8,10-11,13,15,31H2,1-3H3,(H2,32,38)/t18-,26-. The summed E-state index contributed by atoms with van der Waals surface area (Å²) in [7, 11) is 0. The van der Waals surface area contributed by atoms with Gasteiger partial charge in [-0.1, -0.05) is 12.1 Å². The first kappa shape index (κ1) is 28.3. The number of aromatic nitrogens is 4. The largest absolute Gasteiger partial charge is 0.573 e. The van der Waals surface area contributed by atoms with E-state index in [9.17, 15) is 22.8 Å². The molecule has 0 unspecified atom stereocenters. The average Bonchev–Trinajstić information content (AvgIpc) is 3.53. The van der Waals surface area contributed by atoms with Crippen molar-refractivity contribution in [2.45, 2.75) is 64.6 Å². The number of carbonyl (C=O) groups excluding carboxylic acids is 2. The number of benzene rings is 1. The zero-order valence-corrected chi connectivity index (χ0v) is 22.9. The van der Waals surface area contributed by atoms with Crippen LogP contribution in [-0.2, 0) is 11.3 Å². The number of hydrogen-bond acceptors (Lipinski definition) is 7. The van der Waals surface area contributed by atoms with E-state index < -0.39 is 17.9 Å². The van der Waals surface area contributed by atoms with Crippen molar-refractivity contribution in [3.8, 4) is 17.0 Å². The second-order valence-electron chi connectivity index (χ2n) is 11.8. The highest BCUT2D eigenvalue weighted by Gasteiger charge is 2.51. The summed E-state index contributed by atoms with van der Waals surface area (Å²) < 4.78 is 50.4. The zero-order valence-electron chi connectivity index (χ0n) is 22.9. The quantitative estimate of drug-likeness (QED) is 0.445. The third-order valence-electron chi connectivity index (χ3n) is 7.35. The molecule has 1 saturated carbocycles. The molecule has 5 rings (SSSR count). The Labute approximate surface area is 234 Å². The molecule has 3 heterocycles. The van der Waals surface area contributed by atoms with E-state index in [0.29, 0.717) is 24.2 Å². The molecular weight excluding hydrogens is 543 g/mol. The molecule has 0 radical (unpaired) electrons. The van der Waals surface area contributed by atoms with Crippen LogP contribution in [0.2, 0.25) is 0 Å². The van der Waals surface area contributed by atoms with Gasteiger partial charge in [0.05, 0.1) is 18.8 Å². The molecule has 2 amide bonds. The van der Waals surface area contributed by atoms with Crippen LogP contribution in [-0.4, -0.2) is 61.5 Å². The Kier molecular flexibility index (Phi) is 6.90. The minimum atomic E-state index is -4.79. The summed E-state index contributed by atoms with van der Waals surface area (Å²) in [6.07, 6.45) is 0.279. The number of nitrogens with two attached hydrogens (primary N) is 2. The first-order valence-corrected chi connectivity index (χ1v) is 13.1. The minimum absolute atomic E-state index is 0.0672. The molecule has 0 atom stereocenters. The Morgan fingerprint density at radius 3 is 2.59 bits per heavy atom. The van der Waals surface area contributed by atoms with Crippen molar-refractivity contribution in [1.82, 2.24) is 24.5 Å². The molecule has 4 N–H and O–H groups in total. The number of ether oxygens (including phenoxy) is 2. The van der Waals surface area contributed by atoms with Gasteiger partial charge in [-0.05, 0) is 63.1 Å². The number of nitrogen functional groups attached to an aromatic ring is 1. The summed E-state index contributed by atoms with van der Waals surface area (Å²) in [5.41, 5.74) is 12.8. The number of nitrogens with zero attached hydrogens (tertiary/aromatic N) is 5. The molecular formula is C27H32F3N7O4. The average molecular weight is 576 g/mol. The van der Waals surface area contributed by atoms with Gasteiger partial charge in [0.2, 0.25) is 0 Å². The number of likely N-dealkylation sites (tertiary alicyclic amines) is 1. The lowest BCUT2D eigenvalue weighted by atomic mass is 9.65. The van der Waals surface area contributed by atoms with Gasteiger partial charge in [-0.2, -0.15) is 10.2 Å². The SMILES string of the molecule is CC(C)(C)OC(=O)N1CC[C@]2(C1)C[C@H](n1nc(-c3cnn(Cc4cccc(OC(F)(F)F)c4)c3)c(C(N)=O)c1N)C2. The molecule has 1 spiro atoms. The molecule has 1 aromatic carbocycles. The van der Waals surface area contributed by atoms with Crippen LogP contribution < -0.4 is 16.2 Å². The summed E-state index contributed by atoms with van der Waals surface area (Å²) in [5.74, 6) is -0.918. The van der Waals surface area contributed by atoms with Crippen LogP contribution in [0.3, 0.4) is 0 Å². The predicted molar refractivity (Wildman–Crippen MR) is 142 cm³/mol. The number of hydrogen-bond donors (Lipinski definition) is 2. The van der Waals surface area contributed by atoms with Crippen molar-refractivity contribution in [1.29, 1.82) is 0 Å². The Morgan fingerprint density at radius 2 is 1.93 bits per heavy atom. The van der Waals surface area contributed by atoms with Crippen LogP contribution in [0.5, 0.6) is 5.75 Å². The molecule has 3 aromatic rings. The maximum Gasteiger partial charge on any atom is 0.573 e. The number of anilines is 1. The third-order valence-corrected chi connectivity index (χ3v) is 7.35. The third kappa shape index (κ3) is 6.10. The van der Waals surface area contributed by atoms with Crippen LogP contribution in [0.15, 0.2) is 36.7 Å². The van der Waals surface area contributed by atoms with Crippen LogP contribution >= 0.6 is 0 Å². The van der Waals surface area contributed by atoms with Gasteiger partial charge in [-0.25, -0.2) is 9.48 Å². The Morgan fingerprint density at radius 1 is 1.20 bits per heavy atom. The van der Waals surface area contributed by atoms with Crippen molar-refractivity contribution in [2.75, 3.05) is 18.8 Å². The maximum absolute atomic E-state index is 12.6. The van der Waals surface area contributed by atoms with E-state index in [2.05, 4.69) is 14.9 Å². The smallest absolute Gasteiger partial charge is 0.444 e. The van der Waals surface area contributed by atoms with Gasteiger partial charge in [0.1, 0.15) is 28.4 Å². The molecule has 11 nitrogen and oxygen atoms in total. The summed E-state index contributed by atoms with van der Waals surface area (Å²) in [5, 5.41) is 8.92. The van der Waals surface area contributed by atoms with E-state index in [-0.39, 0.29) is 46.9 Å². The summed E-state index contributed by atoms with van der Waals surface area (Å²) >= 11 is 0. The number of amides is 2. The lowest BCUT2D eigenvalue weighted by Gasteiger charge is -2.45. The second kappa shape index (κ2) is 10.00. The fraction of sp³-hybridized carbons (Fsp3) is 0.481. The number of alkyl halides is 3. The lowest BCUT2D eigenvalue weighted by Crippen LogP contribution is -2.43. The highest BCUT2D eigenvalue weighted by molar-refractivity contribution is 6.03. The van der Waals surface area contributed by atoms with Crippen molar-refractivity contribution in [3.05, 3.63) is 47.8 Å². The second-order valence-corrected chi connectivity index (χ2v) is 11.8. The van der Waals surface area contributed by atoms with E-state index in [1.807, 2.05) is 20.8 Å². The fourth-order valence-corrected chi connectivity index (χ4v) is 5.63. The van der Waals surface area contributed by atoms with Gasteiger partial charge in [-0.3, -0.25) is 9.48 Å². The molecule has 220 valence electrons. The lowest BCUT2D eigenvalue weighted by molar-refractivity contribution is -0.274. The minimum Gasteiger partial charge on any atom is -0.444 e. The normalized spacial score (nSPS) is 20.7. The van der Waals surface area contributed by atoms with Crippen LogP contribution in [0, 0.1) is 5.41 Å². The fourth-order valence-electron chi connectivity index (χ4n) is 5.63. The van der Waals surface area contributed by atoms with Gasteiger partial charge >= 0.3 is 12.5 Å². The Hall–Kier alpha value is -4.23. The summed E-state index contributed by atoms with van der Waals surface area (Å²) in [6, 6.07) is 5.51. The van der Waals surface area contributed by atoms with Gasteiger partial charge in [-0.15, -0.1) is 13.2 Å². The van der Waals surface area contributed by atoms with E-state index in [4.69, 9.17) is 16.2 Å². The van der Waals surface area contributed by atoms with Crippen LogP contribution in [0.1, 0.15) is 62.0 Å². The number of carbonyl (C=O) groups is 2. The van der Waals surface area contributed by atoms with Crippen molar-refractivity contribution in [3.63, 3.8) is 0 Å². The van der Waals surface area contributed by atoms with Gasteiger partial charge in [0.25, 0.3) is 5.91 Å². The number of halogens is 3. The number of rotatable bonds is 6. The summed E-state index contributed by atoms with van der Waals surface area (Å²) in [6.45, 7) is 6.84. The first-order valence-electron chi connectivity index (χ1n) is 13.1. The van der Waals surface area contributed by atoms with E-state index in [1.165, 1.54) is 29.1 Å². The zero-order chi connectivity index (χ0) is 29.7. The number of primary amides is 1. The van der Waals surface area contributed by atoms with Gasteiger partial charge < -0.3 is 25.8 Å². The molecule has 0 bridgehead atoms. The highest BCUT2D eigenvalue weighted by atomic mass is 19.4. The van der Waals surface area contributed by atoms with Crippen molar-refractivity contribution >= 4 is 17.8 Å². The molecule has 1 saturated heterocycles. The molecule has 1 aliphatic carbocycles. The maximum atomic E-state index is 12.6. The van der Waals surface area contributed by atoms with Crippen molar-refractivity contribution < 1.29 is 32.2 Å². The van der Waals surface area contributed by atoms with Crippen LogP contribution in [0.25, 0.3) is 11.3 Å². The molecule has 1 aliphatic heterocycles. The molecule has 41 heavy (non-hydrogen) atoms.